The Morgan fingerprint density at radius 1 is 1.33 bits per heavy atom. The van der Waals surface area contributed by atoms with Crippen molar-refractivity contribution in [3.8, 4) is 0 Å². The summed E-state index contributed by atoms with van der Waals surface area (Å²) in [5, 5.41) is 0. The Balaban J connectivity index is 2.11. The SMILES string of the molecule is O=C(Cn1ccnc1)c1ccc(Br)cc1. The molecule has 2 aromatic rings. The molecule has 0 saturated carbocycles. The summed E-state index contributed by atoms with van der Waals surface area (Å²) in [5.41, 5.74) is 0.715. The van der Waals surface area contributed by atoms with Crippen molar-refractivity contribution < 1.29 is 4.79 Å². The quantitative estimate of drug-likeness (QED) is 0.799. The number of carbonyl (C=O) groups excluding carboxylic acids is 1. The van der Waals surface area contributed by atoms with Crippen molar-refractivity contribution >= 4 is 21.7 Å². The first-order chi connectivity index (χ1) is 7.25. The third-order valence-corrected chi connectivity index (χ3v) is 2.58. The zero-order valence-electron chi connectivity index (χ0n) is 7.93. The van der Waals surface area contributed by atoms with E-state index in [1.807, 2.05) is 24.3 Å². The van der Waals surface area contributed by atoms with E-state index >= 15 is 0 Å². The number of hydrogen-bond donors (Lipinski definition) is 0. The van der Waals surface area contributed by atoms with Gasteiger partial charge in [0.15, 0.2) is 5.78 Å². The van der Waals surface area contributed by atoms with Crippen molar-refractivity contribution in [1.29, 1.82) is 0 Å². The molecule has 0 saturated heterocycles. The normalized spacial score (nSPS) is 10.2. The lowest BCUT2D eigenvalue weighted by molar-refractivity contribution is 0.0972. The molecule has 15 heavy (non-hydrogen) atoms. The smallest absolute Gasteiger partial charge is 0.182 e. The first-order valence-corrected chi connectivity index (χ1v) is 5.29. The van der Waals surface area contributed by atoms with Gasteiger partial charge in [-0.2, -0.15) is 0 Å². The number of hydrogen-bond acceptors (Lipinski definition) is 2. The van der Waals surface area contributed by atoms with Gasteiger partial charge in [0.1, 0.15) is 0 Å². The Hall–Kier alpha value is -1.42. The number of carbonyl (C=O) groups is 1. The number of imidazole rings is 1. The van der Waals surface area contributed by atoms with Crippen molar-refractivity contribution in [2.75, 3.05) is 0 Å². The number of aromatic nitrogens is 2. The fourth-order valence-corrected chi connectivity index (χ4v) is 1.54. The first kappa shape index (κ1) is 10.1. The second kappa shape index (κ2) is 4.40. The molecule has 4 heteroatoms. The van der Waals surface area contributed by atoms with E-state index in [1.165, 1.54) is 0 Å². The first-order valence-electron chi connectivity index (χ1n) is 4.50. The summed E-state index contributed by atoms with van der Waals surface area (Å²) in [6.07, 6.45) is 5.07. The summed E-state index contributed by atoms with van der Waals surface area (Å²) in [6, 6.07) is 7.34. The molecule has 0 aliphatic rings. The topological polar surface area (TPSA) is 34.9 Å². The molecule has 0 N–H and O–H groups in total. The van der Waals surface area contributed by atoms with Gasteiger partial charge in [-0.3, -0.25) is 4.79 Å². The minimum atomic E-state index is 0.0838. The molecule has 0 fully saturated rings. The predicted octanol–water partition coefficient (Wildman–Crippen LogP) is 2.53. The molecule has 0 aliphatic heterocycles. The molecule has 2 rings (SSSR count). The molecule has 0 unspecified atom stereocenters. The van der Waals surface area contributed by atoms with Gasteiger partial charge in [0.2, 0.25) is 0 Å². The van der Waals surface area contributed by atoms with Crippen LogP contribution in [-0.2, 0) is 6.54 Å². The highest BCUT2D eigenvalue weighted by Crippen LogP contribution is 2.11. The van der Waals surface area contributed by atoms with Gasteiger partial charge < -0.3 is 4.57 Å². The zero-order valence-corrected chi connectivity index (χ0v) is 9.52. The summed E-state index contributed by atoms with van der Waals surface area (Å²) in [5.74, 6) is 0.0838. The highest BCUT2D eigenvalue weighted by Gasteiger charge is 2.05. The van der Waals surface area contributed by atoms with Gasteiger partial charge in [-0.1, -0.05) is 28.1 Å². The van der Waals surface area contributed by atoms with Gasteiger partial charge in [-0.15, -0.1) is 0 Å². The predicted molar refractivity (Wildman–Crippen MR) is 60.7 cm³/mol. The average molecular weight is 265 g/mol. The number of nitrogens with zero attached hydrogens (tertiary/aromatic N) is 2. The number of benzene rings is 1. The lowest BCUT2D eigenvalue weighted by atomic mass is 10.1. The Morgan fingerprint density at radius 2 is 2.07 bits per heavy atom. The van der Waals surface area contributed by atoms with Crippen molar-refractivity contribution in [2.45, 2.75) is 6.54 Å². The molecule has 76 valence electrons. The summed E-state index contributed by atoms with van der Waals surface area (Å²) >= 11 is 3.33. The Kier molecular flexibility index (Phi) is 2.97. The molecule has 1 aromatic carbocycles. The molecule has 0 radical (unpaired) electrons. The monoisotopic (exact) mass is 264 g/mol. The van der Waals surface area contributed by atoms with E-state index in [9.17, 15) is 4.79 Å². The van der Waals surface area contributed by atoms with E-state index in [1.54, 1.807) is 23.3 Å². The van der Waals surface area contributed by atoms with Crippen molar-refractivity contribution in [1.82, 2.24) is 9.55 Å². The minimum absolute atomic E-state index is 0.0838. The molecule has 0 bridgehead atoms. The number of rotatable bonds is 3. The van der Waals surface area contributed by atoms with E-state index in [2.05, 4.69) is 20.9 Å². The maximum absolute atomic E-state index is 11.8. The van der Waals surface area contributed by atoms with Gasteiger partial charge in [-0.05, 0) is 12.1 Å². The maximum Gasteiger partial charge on any atom is 0.182 e. The van der Waals surface area contributed by atoms with Crippen LogP contribution in [0.15, 0.2) is 47.5 Å². The third kappa shape index (κ3) is 2.53. The summed E-state index contributed by atoms with van der Waals surface area (Å²) in [4.78, 5) is 15.6. The van der Waals surface area contributed by atoms with Crippen LogP contribution in [0.2, 0.25) is 0 Å². The summed E-state index contributed by atoms with van der Waals surface area (Å²) in [6.45, 7) is 0.335. The molecule has 0 amide bonds. The number of halogens is 1. The zero-order chi connectivity index (χ0) is 10.7. The highest BCUT2D eigenvalue weighted by atomic mass is 79.9. The Labute approximate surface area is 95.9 Å². The van der Waals surface area contributed by atoms with E-state index < -0.39 is 0 Å². The van der Waals surface area contributed by atoms with Crippen LogP contribution in [0.1, 0.15) is 10.4 Å². The summed E-state index contributed by atoms with van der Waals surface area (Å²) < 4.78 is 2.73. The molecule has 3 nitrogen and oxygen atoms in total. The van der Waals surface area contributed by atoms with Crippen molar-refractivity contribution in [2.24, 2.45) is 0 Å². The van der Waals surface area contributed by atoms with Gasteiger partial charge >= 0.3 is 0 Å². The molecular weight excluding hydrogens is 256 g/mol. The largest absolute Gasteiger partial charge is 0.330 e. The van der Waals surface area contributed by atoms with Gasteiger partial charge in [-0.25, -0.2) is 4.98 Å². The Morgan fingerprint density at radius 3 is 2.67 bits per heavy atom. The van der Waals surface area contributed by atoms with Crippen LogP contribution in [0.3, 0.4) is 0 Å². The fraction of sp³-hybridized carbons (Fsp3) is 0.0909. The number of Topliss-reactive ketones (excluding diaryl/α,β-unsaturated/α-hetero) is 1. The lowest BCUT2D eigenvalue weighted by Crippen LogP contribution is -2.08. The van der Waals surface area contributed by atoms with Crippen LogP contribution in [-0.4, -0.2) is 15.3 Å². The lowest BCUT2D eigenvalue weighted by Gasteiger charge is -2.01. The van der Waals surface area contributed by atoms with Gasteiger partial charge in [0.25, 0.3) is 0 Å². The van der Waals surface area contributed by atoms with Crippen LogP contribution in [0.25, 0.3) is 0 Å². The maximum atomic E-state index is 11.8. The van der Waals surface area contributed by atoms with Crippen LogP contribution in [0, 0.1) is 0 Å². The van der Waals surface area contributed by atoms with E-state index in [-0.39, 0.29) is 5.78 Å². The van der Waals surface area contributed by atoms with Crippen LogP contribution in [0.4, 0.5) is 0 Å². The van der Waals surface area contributed by atoms with Gasteiger partial charge in [0.05, 0.1) is 12.9 Å². The molecule has 1 heterocycles. The van der Waals surface area contributed by atoms with Crippen LogP contribution >= 0.6 is 15.9 Å². The molecular formula is C11H9BrN2O. The third-order valence-electron chi connectivity index (χ3n) is 2.05. The van der Waals surface area contributed by atoms with Crippen LogP contribution < -0.4 is 0 Å². The van der Waals surface area contributed by atoms with Crippen molar-refractivity contribution in [3.05, 3.63) is 53.0 Å². The summed E-state index contributed by atoms with van der Waals surface area (Å²) in [7, 11) is 0. The van der Waals surface area contributed by atoms with E-state index in [0.29, 0.717) is 12.1 Å². The second-order valence-corrected chi connectivity index (χ2v) is 4.08. The number of ketones is 1. The van der Waals surface area contributed by atoms with Gasteiger partial charge in [0, 0.05) is 22.4 Å². The van der Waals surface area contributed by atoms with E-state index in [4.69, 9.17) is 0 Å². The Bertz CT molecular complexity index is 448. The molecule has 0 aliphatic carbocycles. The second-order valence-electron chi connectivity index (χ2n) is 3.17. The molecule has 1 aromatic heterocycles. The molecule has 0 spiro atoms. The highest BCUT2D eigenvalue weighted by molar-refractivity contribution is 9.10. The van der Waals surface area contributed by atoms with Crippen molar-refractivity contribution in [3.63, 3.8) is 0 Å². The molecule has 0 atom stereocenters. The van der Waals surface area contributed by atoms with E-state index in [0.717, 1.165) is 4.47 Å². The van der Waals surface area contributed by atoms with Crippen LogP contribution in [0.5, 0.6) is 0 Å². The fourth-order valence-electron chi connectivity index (χ4n) is 1.27. The standard InChI is InChI=1S/C11H9BrN2O/c12-10-3-1-9(2-4-10)11(15)7-14-6-5-13-8-14/h1-6,8H,7H2. The minimum Gasteiger partial charge on any atom is -0.330 e. The average Bonchev–Trinajstić information content (AvgIpc) is 2.71.